The molecule has 514 valence electrons. The third kappa shape index (κ3) is 22.6. The molecule has 5 N–H and O–H groups in total. The molecule has 3 aliphatic rings. The molecule has 24 heteroatoms. The van der Waals surface area contributed by atoms with Crippen LogP contribution in [0.3, 0.4) is 0 Å². The van der Waals surface area contributed by atoms with Crippen LogP contribution in [-0.2, 0) is 51.0 Å². The van der Waals surface area contributed by atoms with Gasteiger partial charge in [0.25, 0.3) is 0 Å². The summed E-state index contributed by atoms with van der Waals surface area (Å²) < 4.78 is 97.5. The van der Waals surface area contributed by atoms with Gasteiger partial charge in [0.2, 0.25) is 5.91 Å². The summed E-state index contributed by atoms with van der Waals surface area (Å²) in [7, 11) is -1.27. The van der Waals surface area contributed by atoms with Gasteiger partial charge in [-0.1, -0.05) is 88.6 Å². The van der Waals surface area contributed by atoms with Crippen molar-refractivity contribution in [1.29, 1.82) is 0 Å². The van der Waals surface area contributed by atoms with E-state index in [1.54, 1.807) is 53.4 Å². The Hall–Kier alpha value is -3.44. The van der Waals surface area contributed by atoms with Gasteiger partial charge in [-0.3, -0.25) is 9.59 Å². The number of hydrogen-bond donors (Lipinski definition) is 5. The Kier molecular flexibility index (Phi) is 27.0. The minimum atomic E-state index is -10.7. The van der Waals surface area contributed by atoms with Crippen LogP contribution in [0.5, 0.6) is 0 Å². The summed E-state index contributed by atoms with van der Waals surface area (Å²) in [5.41, 5.74) is 0.344. The van der Waals surface area contributed by atoms with Gasteiger partial charge in [0, 0.05) is 45.0 Å². The number of amides is 1. The number of ether oxygens (including phenoxy) is 6. The van der Waals surface area contributed by atoms with Gasteiger partial charge in [0.05, 0.1) is 66.8 Å². The molecular formula is C66H105F6N3O13P2. The van der Waals surface area contributed by atoms with Gasteiger partial charge >= 0.3 is 39.0 Å². The monoisotopic (exact) mass is 1320 g/mol. The van der Waals surface area contributed by atoms with Crippen LogP contribution in [-0.4, -0.2) is 184 Å². The SMILES string of the molecule is CC[C@H]1OC(=O)[C@H](C)[C@@H](O[C@H]2C[C@@](C)(OC)[C@@H](O)[C@H](C)O2)[C@H](C)[C@@H](O[C@@H]2O[C@H](C)C[C@H](N(C)C)[C@H]2O)[C@](C)(O)C[C@@H](C)CN(C(=O)CCCCCCCc2cc(-c3ccccc3CN(C)C)ccc2[PH2+]c2ccccc2)[C@H](C)[C@@H](O)[C@]1(C)O.F[P-](F)(F)(F)(F)F. The van der Waals surface area contributed by atoms with E-state index in [4.69, 9.17) is 28.4 Å². The number of esters is 1. The van der Waals surface area contributed by atoms with Crippen molar-refractivity contribution in [2.75, 3.05) is 41.8 Å². The zero-order valence-corrected chi connectivity index (χ0v) is 57.5. The van der Waals surface area contributed by atoms with Crippen molar-refractivity contribution < 1.29 is 88.7 Å². The van der Waals surface area contributed by atoms with Crippen molar-refractivity contribution in [2.24, 2.45) is 17.8 Å². The molecule has 3 aromatic rings. The number of aliphatic hydroxyl groups is 5. The predicted molar refractivity (Wildman–Crippen MR) is 343 cm³/mol. The Morgan fingerprint density at radius 3 is 2.01 bits per heavy atom. The molecular weight excluding hydrogens is 1220 g/mol. The van der Waals surface area contributed by atoms with Crippen LogP contribution >= 0.6 is 16.4 Å². The summed E-state index contributed by atoms with van der Waals surface area (Å²) in [6.45, 7) is 18.3. The van der Waals surface area contributed by atoms with E-state index in [1.807, 2.05) is 32.8 Å². The molecule has 90 heavy (non-hydrogen) atoms. The van der Waals surface area contributed by atoms with E-state index < -0.39 is 110 Å². The molecule has 3 fully saturated rings. The number of carbonyl (C=O) groups excluding carboxylic acids is 2. The maximum absolute atomic E-state index is 14.7. The van der Waals surface area contributed by atoms with Crippen molar-refractivity contribution in [2.45, 2.75) is 237 Å². The molecule has 0 bridgehead atoms. The van der Waals surface area contributed by atoms with Crippen molar-refractivity contribution in [3.8, 4) is 11.1 Å². The third-order valence-electron chi connectivity index (χ3n) is 18.1. The Morgan fingerprint density at radius 1 is 0.789 bits per heavy atom. The van der Waals surface area contributed by atoms with E-state index in [0.717, 1.165) is 38.6 Å². The maximum atomic E-state index is 14.7. The van der Waals surface area contributed by atoms with E-state index in [1.165, 1.54) is 46.9 Å². The summed E-state index contributed by atoms with van der Waals surface area (Å²) in [6, 6.07) is 25.1. The zero-order valence-electron chi connectivity index (χ0n) is 55.4. The standard InChI is InChI=1S/C66H104N3O13P.F6P/c1-16-54-66(10,76)59(72)45(6)69(55(70)32-24-19-17-18-21-27-48-36-47(51-31-26-25-28-49(51)40-67(11)12)33-34-53(48)83-50-29-22-20-23-30-50)39-41(2)37-64(8,75)61(82-63-57(71)52(68(13)14)35-42(3)78-63)43(4)58(44(5)62(74)80-54)81-56-38-65(9,77-15)60(73)46(7)79-56;1-7(2,3,4,5)6/h20,22-23,25-26,28-31,33-34,36,41-46,52,54,56-61,63,71-73,75-76,83H,16-19,21,24,27,32,35,37-40H2,1-15H3;/q;-1/p+1/t41-,42-,43+,44-,45-,46+,52+,54-,56+,57-,58+,59-,60+,61-,63+,64-,65-,66-;/m1./s1. The summed E-state index contributed by atoms with van der Waals surface area (Å²) >= 11 is 0. The van der Waals surface area contributed by atoms with Gasteiger partial charge < -0.3 is 68.7 Å². The van der Waals surface area contributed by atoms with Gasteiger partial charge in [0.1, 0.15) is 30.0 Å². The molecule has 3 heterocycles. The molecule has 1 unspecified atom stereocenters. The summed E-state index contributed by atoms with van der Waals surface area (Å²) in [5, 5.41) is 63.5. The fourth-order valence-electron chi connectivity index (χ4n) is 13.2. The number of benzene rings is 3. The second-order valence-corrected chi connectivity index (χ2v) is 30.4. The molecule has 0 aromatic heterocycles. The number of halogens is 6. The van der Waals surface area contributed by atoms with Crippen molar-refractivity contribution in [1.82, 2.24) is 14.7 Å². The van der Waals surface area contributed by atoms with Crippen LogP contribution in [0.15, 0.2) is 72.8 Å². The van der Waals surface area contributed by atoms with E-state index in [-0.39, 0.29) is 58.9 Å². The van der Waals surface area contributed by atoms with E-state index >= 15 is 0 Å². The Labute approximate surface area is 531 Å². The second-order valence-electron chi connectivity index (χ2n) is 26.9. The van der Waals surface area contributed by atoms with Crippen LogP contribution in [0, 0.1) is 17.8 Å². The van der Waals surface area contributed by atoms with Gasteiger partial charge in [-0.15, -0.1) is 0 Å². The van der Waals surface area contributed by atoms with E-state index in [9.17, 15) is 60.3 Å². The first-order valence-electron chi connectivity index (χ1n) is 31.7. The molecule has 0 saturated carbocycles. The number of cyclic esters (lactones) is 1. The van der Waals surface area contributed by atoms with Crippen LogP contribution < -0.4 is 10.6 Å². The molecule has 0 spiro atoms. The molecule has 0 radical (unpaired) electrons. The fraction of sp³-hybridized carbons (Fsp3) is 0.697. The number of unbranched alkanes of at least 4 members (excludes halogenated alkanes) is 4. The normalized spacial score (nSPS) is 34.4. The molecule has 3 aliphatic heterocycles. The van der Waals surface area contributed by atoms with Crippen LogP contribution in [0.25, 0.3) is 11.1 Å². The Bertz CT molecular complexity index is 2750. The molecule has 6 rings (SSSR count). The number of carbonyl (C=O) groups is 2. The van der Waals surface area contributed by atoms with Crippen molar-refractivity contribution in [3.05, 3.63) is 83.9 Å². The van der Waals surface area contributed by atoms with Gasteiger partial charge in [0.15, 0.2) is 12.6 Å². The number of hydrogen-bond acceptors (Lipinski definition) is 15. The average molecular weight is 1320 g/mol. The predicted octanol–water partition coefficient (Wildman–Crippen LogP) is 10.9. The minimum absolute atomic E-state index is 0.0641. The Morgan fingerprint density at radius 2 is 1.40 bits per heavy atom. The fourth-order valence-corrected chi connectivity index (χ4v) is 14.6. The quantitative estimate of drug-likeness (QED) is 0.0309. The number of rotatable bonds is 20. The summed E-state index contributed by atoms with van der Waals surface area (Å²) in [6.07, 6.45) is -4.05. The molecule has 3 saturated heterocycles. The van der Waals surface area contributed by atoms with E-state index in [2.05, 4.69) is 91.8 Å². The van der Waals surface area contributed by atoms with Crippen LogP contribution in [0.4, 0.5) is 25.2 Å². The molecule has 19 atom stereocenters. The first kappa shape index (κ1) is 77.3. The van der Waals surface area contributed by atoms with Crippen molar-refractivity contribution in [3.63, 3.8) is 0 Å². The number of aliphatic hydroxyl groups excluding tert-OH is 3. The number of methoxy groups -OCH3 is 1. The number of aryl methyl sites for hydroxylation is 1. The van der Waals surface area contributed by atoms with Gasteiger partial charge in [-0.05, 0) is 168 Å². The number of nitrogens with zero attached hydrogens (tertiary/aromatic N) is 3. The average Bonchev–Trinajstić information content (AvgIpc) is 1.38. The molecule has 1 amide bonds. The van der Waals surface area contributed by atoms with Crippen LogP contribution in [0.2, 0.25) is 0 Å². The zero-order chi connectivity index (χ0) is 67.5. The first-order chi connectivity index (χ1) is 41.6. The van der Waals surface area contributed by atoms with Crippen molar-refractivity contribution >= 4 is 38.9 Å². The Balaban J connectivity index is 0.00000198. The molecule has 0 aliphatic carbocycles. The van der Waals surface area contributed by atoms with Gasteiger partial charge in [-0.25, -0.2) is 0 Å². The molecule has 3 aromatic carbocycles. The topological polar surface area (TPSA) is 200 Å². The summed E-state index contributed by atoms with van der Waals surface area (Å²) in [4.78, 5) is 35.2. The third-order valence-corrected chi connectivity index (χ3v) is 19.7. The number of likely N-dealkylation sites (N-methyl/N-ethyl adjacent to an activating group) is 1. The first-order valence-corrected chi connectivity index (χ1v) is 34.9. The van der Waals surface area contributed by atoms with Gasteiger partial charge in [-0.2, -0.15) is 0 Å². The van der Waals surface area contributed by atoms with E-state index in [0.29, 0.717) is 12.8 Å². The summed E-state index contributed by atoms with van der Waals surface area (Å²) in [5.74, 6) is -3.31. The van der Waals surface area contributed by atoms with Crippen LogP contribution in [0.1, 0.15) is 145 Å². The second kappa shape index (κ2) is 31.4. The molecule has 16 nitrogen and oxygen atoms in total.